The fourth-order valence-corrected chi connectivity index (χ4v) is 3.18. The van der Waals surface area contributed by atoms with Crippen LogP contribution in [0.2, 0.25) is 0 Å². The van der Waals surface area contributed by atoms with Gasteiger partial charge in [0.05, 0.1) is 13.2 Å². The summed E-state index contributed by atoms with van der Waals surface area (Å²) >= 11 is 0. The predicted octanol–water partition coefficient (Wildman–Crippen LogP) is 4.45. The van der Waals surface area contributed by atoms with Crippen LogP contribution in [0.3, 0.4) is 0 Å². The fourth-order valence-electron chi connectivity index (χ4n) is 3.18. The van der Waals surface area contributed by atoms with E-state index in [1.807, 2.05) is 48.5 Å². The third kappa shape index (κ3) is 7.16. The van der Waals surface area contributed by atoms with Crippen molar-refractivity contribution in [3.63, 3.8) is 0 Å². The average molecular weight is 432 g/mol. The van der Waals surface area contributed by atoms with E-state index in [1.165, 1.54) is 10.5 Å². The second-order valence-electron chi connectivity index (χ2n) is 7.65. The molecule has 0 radical (unpaired) electrons. The molecule has 0 bridgehead atoms. The van der Waals surface area contributed by atoms with E-state index in [9.17, 15) is 9.59 Å². The zero-order valence-corrected chi connectivity index (χ0v) is 18.5. The van der Waals surface area contributed by atoms with Gasteiger partial charge in [0.15, 0.2) is 0 Å². The van der Waals surface area contributed by atoms with Gasteiger partial charge in [0.1, 0.15) is 5.75 Å². The number of hydrogen-bond donors (Lipinski definition) is 2. The van der Waals surface area contributed by atoms with Crippen LogP contribution in [0.5, 0.6) is 5.75 Å². The summed E-state index contributed by atoms with van der Waals surface area (Å²) in [4.78, 5) is 25.9. The molecule has 0 spiro atoms. The maximum absolute atomic E-state index is 12.4. The smallest absolute Gasteiger partial charge is 0.253 e. The van der Waals surface area contributed by atoms with Crippen molar-refractivity contribution >= 4 is 23.2 Å². The second kappa shape index (κ2) is 11.6. The van der Waals surface area contributed by atoms with Crippen molar-refractivity contribution in [2.45, 2.75) is 12.8 Å². The highest BCUT2D eigenvalue weighted by Gasteiger charge is 2.09. The van der Waals surface area contributed by atoms with E-state index in [2.05, 4.69) is 22.8 Å². The lowest BCUT2D eigenvalue weighted by Gasteiger charge is -2.12. The Morgan fingerprint density at radius 2 is 1.62 bits per heavy atom. The van der Waals surface area contributed by atoms with Crippen molar-refractivity contribution in [3.8, 4) is 5.75 Å². The van der Waals surface area contributed by atoms with Crippen LogP contribution in [0, 0.1) is 0 Å². The first-order valence-electron chi connectivity index (χ1n) is 10.6. The highest BCUT2D eigenvalue weighted by atomic mass is 16.5. The molecule has 0 aliphatic rings. The lowest BCUT2D eigenvalue weighted by atomic mass is 10.1. The minimum atomic E-state index is -0.185. The van der Waals surface area contributed by atoms with Crippen molar-refractivity contribution in [1.82, 2.24) is 4.90 Å². The normalized spacial score (nSPS) is 10.3. The number of aryl methyl sites for hydroxylation is 1. The molecule has 6 heteroatoms. The van der Waals surface area contributed by atoms with Gasteiger partial charge in [-0.3, -0.25) is 9.59 Å². The molecule has 0 heterocycles. The summed E-state index contributed by atoms with van der Waals surface area (Å²) in [5.41, 5.74) is 3.25. The predicted molar refractivity (Wildman–Crippen MR) is 128 cm³/mol. The molecule has 0 atom stereocenters. The van der Waals surface area contributed by atoms with Gasteiger partial charge in [0, 0.05) is 37.1 Å². The Hall–Kier alpha value is -3.80. The van der Waals surface area contributed by atoms with E-state index in [4.69, 9.17) is 4.74 Å². The first kappa shape index (κ1) is 22.9. The van der Waals surface area contributed by atoms with Crippen molar-refractivity contribution in [3.05, 3.63) is 90.0 Å². The molecule has 32 heavy (non-hydrogen) atoms. The lowest BCUT2D eigenvalue weighted by molar-refractivity contribution is -0.114. The van der Waals surface area contributed by atoms with Gasteiger partial charge in [-0.25, -0.2) is 0 Å². The zero-order valence-electron chi connectivity index (χ0n) is 18.5. The standard InChI is InChI=1S/C26H29N3O3/c1-29(2)26(31)21-12-6-13-22(17-21)27-19-25(30)28-23-14-7-15-24(18-23)32-16-8-11-20-9-4-3-5-10-20/h3-7,9-10,12-15,17-18,27H,8,11,16,19H2,1-2H3,(H,28,30). The molecule has 3 aromatic rings. The minimum Gasteiger partial charge on any atom is -0.494 e. The number of amides is 2. The first-order chi connectivity index (χ1) is 15.5. The quantitative estimate of drug-likeness (QED) is 0.465. The third-order valence-corrected chi connectivity index (χ3v) is 4.81. The monoisotopic (exact) mass is 431 g/mol. The molecule has 0 aromatic heterocycles. The third-order valence-electron chi connectivity index (χ3n) is 4.81. The number of ether oxygens (including phenoxy) is 1. The maximum Gasteiger partial charge on any atom is 0.253 e. The Morgan fingerprint density at radius 1 is 0.875 bits per heavy atom. The summed E-state index contributed by atoms with van der Waals surface area (Å²) in [5, 5.41) is 5.92. The summed E-state index contributed by atoms with van der Waals surface area (Å²) in [6.07, 6.45) is 1.88. The maximum atomic E-state index is 12.4. The topological polar surface area (TPSA) is 70.7 Å². The molecule has 3 rings (SSSR count). The SMILES string of the molecule is CN(C)C(=O)c1cccc(NCC(=O)Nc2cccc(OCCCc3ccccc3)c2)c1. The van der Waals surface area contributed by atoms with Crippen LogP contribution in [0.4, 0.5) is 11.4 Å². The molecule has 6 nitrogen and oxygen atoms in total. The van der Waals surface area contributed by atoms with E-state index >= 15 is 0 Å². The van der Waals surface area contributed by atoms with Crippen molar-refractivity contribution in [2.24, 2.45) is 0 Å². The molecular weight excluding hydrogens is 402 g/mol. The summed E-state index contributed by atoms with van der Waals surface area (Å²) < 4.78 is 5.83. The Bertz CT molecular complexity index is 1040. The number of anilines is 2. The first-order valence-corrected chi connectivity index (χ1v) is 10.6. The molecule has 2 amide bonds. The van der Waals surface area contributed by atoms with Crippen molar-refractivity contribution in [2.75, 3.05) is 37.9 Å². The summed E-state index contributed by atoms with van der Waals surface area (Å²) in [7, 11) is 3.41. The highest BCUT2D eigenvalue weighted by molar-refractivity contribution is 5.96. The molecule has 0 saturated carbocycles. The zero-order chi connectivity index (χ0) is 22.8. The molecule has 0 unspecified atom stereocenters. The van der Waals surface area contributed by atoms with Gasteiger partial charge in [-0.2, -0.15) is 0 Å². The van der Waals surface area contributed by atoms with Crippen molar-refractivity contribution in [1.29, 1.82) is 0 Å². The van der Waals surface area contributed by atoms with Gasteiger partial charge >= 0.3 is 0 Å². The highest BCUT2D eigenvalue weighted by Crippen LogP contribution is 2.18. The average Bonchev–Trinajstić information content (AvgIpc) is 2.81. The van der Waals surface area contributed by atoms with Gasteiger partial charge in [0.2, 0.25) is 5.91 Å². The Labute approximate surface area is 189 Å². The van der Waals surface area contributed by atoms with Gasteiger partial charge in [-0.1, -0.05) is 42.5 Å². The number of benzene rings is 3. The molecule has 0 aliphatic heterocycles. The molecule has 0 aliphatic carbocycles. The molecule has 2 N–H and O–H groups in total. The van der Waals surface area contributed by atoms with Crippen molar-refractivity contribution < 1.29 is 14.3 Å². The number of rotatable bonds is 10. The number of nitrogens with one attached hydrogen (secondary N) is 2. The van der Waals surface area contributed by atoms with E-state index in [1.54, 1.807) is 32.3 Å². The van der Waals surface area contributed by atoms with Gasteiger partial charge < -0.3 is 20.3 Å². The van der Waals surface area contributed by atoms with Crippen LogP contribution < -0.4 is 15.4 Å². The van der Waals surface area contributed by atoms with Crippen LogP contribution >= 0.6 is 0 Å². The molecule has 0 saturated heterocycles. The minimum absolute atomic E-state index is 0.0846. The fraction of sp³-hybridized carbons (Fsp3) is 0.231. The largest absolute Gasteiger partial charge is 0.494 e. The lowest BCUT2D eigenvalue weighted by Crippen LogP contribution is -2.23. The molecule has 0 fully saturated rings. The summed E-state index contributed by atoms with van der Waals surface area (Å²) in [6.45, 7) is 0.692. The van der Waals surface area contributed by atoms with Crippen LogP contribution in [0.15, 0.2) is 78.9 Å². The van der Waals surface area contributed by atoms with E-state index in [-0.39, 0.29) is 18.4 Å². The van der Waals surface area contributed by atoms with E-state index in [0.717, 1.165) is 18.6 Å². The van der Waals surface area contributed by atoms with Crippen LogP contribution in [-0.4, -0.2) is 44.0 Å². The Morgan fingerprint density at radius 3 is 2.41 bits per heavy atom. The van der Waals surface area contributed by atoms with Crippen LogP contribution in [-0.2, 0) is 11.2 Å². The second-order valence-corrected chi connectivity index (χ2v) is 7.65. The number of hydrogen-bond acceptors (Lipinski definition) is 4. The Balaban J connectivity index is 1.45. The summed E-state index contributed by atoms with van der Waals surface area (Å²) in [5.74, 6) is 0.452. The van der Waals surface area contributed by atoms with Gasteiger partial charge in [0.25, 0.3) is 5.91 Å². The van der Waals surface area contributed by atoms with Gasteiger partial charge in [-0.15, -0.1) is 0 Å². The van der Waals surface area contributed by atoms with E-state index < -0.39 is 0 Å². The number of carbonyl (C=O) groups is 2. The van der Waals surface area contributed by atoms with Gasteiger partial charge in [-0.05, 0) is 48.7 Å². The summed E-state index contributed by atoms with van der Waals surface area (Å²) in [6, 6.07) is 24.8. The van der Waals surface area contributed by atoms with Crippen LogP contribution in [0.1, 0.15) is 22.3 Å². The number of nitrogens with zero attached hydrogens (tertiary/aromatic N) is 1. The molecular formula is C26H29N3O3. The van der Waals surface area contributed by atoms with Crippen LogP contribution in [0.25, 0.3) is 0 Å². The Kier molecular flexibility index (Phi) is 8.26. The molecule has 166 valence electrons. The molecule has 3 aromatic carbocycles. The van der Waals surface area contributed by atoms with E-state index in [0.29, 0.717) is 23.5 Å². The number of carbonyl (C=O) groups excluding carboxylic acids is 2.